The number of aryl methyl sites for hydroxylation is 1. The summed E-state index contributed by atoms with van der Waals surface area (Å²) in [5.74, 6) is 0.329. The van der Waals surface area contributed by atoms with E-state index in [9.17, 15) is 9.90 Å². The Morgan fingerprint density at radius 1 is 1.30 bits per heavy atom. The molecule has 2 N–H and O–H groups in total. The van der Waals surface area contributed by atoms with Gasteiger partial charge in [0.25, 0.3) is 0 Å². The normalized spacial score (nSPS) is 22.4. The number of ether oxygens (including phenoxy) is 1. The largest absolute Gasteiger partial charge is 0.508 e. The smallest absolute Gasteiger partial charge is 0.220 e. The maximum atomic E-state index is 12.0. The average Bonchev–Trinajstić information content (AvgIpc) is 2.47. The minimum atomic E-state index is 0.0759. The third kappa shape index (κ3) is 4.23. The summed E-state index contributed by atoms with van der Waals surface area (Å²) in [7, 11) is 1.71. The van der Waals surface area contributed by atoms with Gasteiger partial charge in [0.2, 0.25) is 5.91 Å². The van der Waals surface area contributed by atoms with E-state index < -0.39 is 0 Å². The highest BCUT2D eigenvalue weighted by molar-refractivity contribution is 5.76. The molecule has 1 aromatic carbocycles. The Morgan fingerprint density at radius 2 is 2.00 bits per heavy atom. The highest BCUT2D eigenvalue weighted by Crippen LogP contribution is 2.21. The molecule has 0 heterocycles. The summed E-state index contributed by atoms with van der Waals surface area (Å²) in [6, 6.07) is 7.15. The molecule has 0 aromatic heterocycles. The molecule has 110 valence electrons. The standard InChI is InChI=1S/C16H23NO3/c1-20-15-5-3-2-4-14(15)17-16(19)11-8-12-6-9-13(18)10-7-12/h6-7,9-10,14-15,18H,2-5,8,11H2,1H3,(H,17,19)/t14-,15+/m1/s1. The van der Waals surface area contributed by atoms with E-state index in [1.54, 1.807) is 19.2 Å². The van der Waals surface area contributed by atoms with Gasteiger partial charge in [-0.1, -0.05) is 25.0 Å². The molecular weight excluding hydrogens is 254 g/mol. The molecule has 1 aromatic rings. The minimum absolute atomic E-state index is 0.0759. The Bertz CT molecular complexity index is 430. The van der Waals surface area contributed by atoms with Crippen LogP contribution in [0, 0.1) is 0 Å². The molecule has 0 radical (unpaired) electrons. The number of hydrogen-bond donors (Lipinski definition) is 2. The summed E-state index contributed by atoms with van der Waals surface area (Å²) in [5, 5.41) is 12.3. The Labute approximate surface area is 120 Å². The monoisotopic (exact) mass is 277 g/mol. The molecule has 2 atom stereocenters. The summed E-state index contributed by atoms with van der Waals surface area (Å²) in [6.07, 6.45) is 5.68. The van der Waals surface area contributed by atoms with Crippen LogP contribution >= 0.6 is 0 Å². The maximum Gasteiger partial charge on any atom is 0.220 e. The van der Waals surface area contributed by atoms with Gasteiger partial charge in [-0.05, 0) is 37.0 Å². The second-order valence-corrected chi connectivity index (χ2v) is 5.40. The minimum Gasteiger partial charge on any atom is -0.508 e. The summed E-state index contributed by atoms with van der Waals surface area (Å²) in [5.41, 5.74) is 1.06. The first-order chi connectivity index (χ1) is 9.69. The summed E-state index contributed by atoms with van der Waals surface area (Å²) < 4.78 is 5.44. The van der Waals surface area contributed by atoms with Crippen molar-refractivity contribution in [2.24, 2.45) is 0 Å². The lowest BCUT2D eigenvalue weighted by Gasteiger charge is -2.31. The van der Waals surface area contributed by atoms with Crippen molar-refractivity contribution < 1.29 is 14.6 Å². The summed E-state index contributed by atoms with van der Waals surface area (Å²) in [6.45, 7) is 0. The SMILES string of the molecule is CO[C@H]1CCCC[C@H]1NC(=O)CCc1ccc(O)cc1. The number of nitrogens with one attached hydrogen (secondary N) is 1. The molecular formula is C16H23NO3. The number of hydrogen-bond acceptors (Lipinski definition) is 3. The van der Waals surface area contributed by atoms with Gasteiger partial charge in [-0.25, -0.2) is 0 Å². The number of aromatic hydroxyl groups is 1. The predicted molar refractivity (Wildman–Crippen MR) is 77.6 cm³/mol. The molecule has 0 unspecified atom stereocenters. The second kappa shape index (κ2) is 7.29. The Morgan fingerprint density at radius 3 is 2.70 bits per heavy atom. The predicted octanol–water partition coefficient (Wildman–Crippen LogP) is 2.40. The lowest BCUT2D eigenvalue weighted by Crippen LogP contribution is -2.46. The molecule has 20 heavy (non-hydrogen) atoms. The van der Waals surface area contributed by atoms with Gasteiger partial charge in [0.05, 0.1) is 12.1 Å². The van der Waals surface area contributed by atoms with Gasteiger partial charge in [0, 0.05) is 13.5 Å². The molecule has 2 rings (SSSR count). The van der Waals surface area contributed by atoms with E-state index in [4.69, 9.17) is 4.74 Å². The lowest BCUT2D eigenvalue weighted by atomic mass is 9.92. The topological polar surface area (TPSA) is 58.6 Å². The number of rotatable bonds is 5. The van der Waals surface area contributed by atoms with Gasteiger partial charge in [0.15, 0.2) is 0 Å². The van der Waals surface area contributed by atoms with Crippen molar-refractivity contribution in [3.63, 3.8) is 0 Å². The molecule has 0 aliphatic heterocycles. The Hall–Kier alpha value is -1.55. The van der Waals surface area contributed by atoms with Crippen LogP contribution in [0.1, 0.15) is 37.7 Å². The molecule has 0 bridgehead atoms. The van der Waals surface area contributed by atoms with E-state index in [0.29, 0.717) is 12.8 Å². The van der Waals surface area contributed by atoms with Crippen LogP contribution < -0.4 is 5.32 Å². The van der Waals surface area contributed by atoms with Gasteiger partial charge >= 0.3 is 0 Å². The van der Waals surface area contributed by atoms with E-state index in [0.717, 1.165) is 24.8 Å². The lowest BCUT2D eigenvalue weighted by molar-refractivity contribution is -0.123. The van der Waals surface area contributed by atoms with Crippen molar-refractivity contribution in [3.8, 4) is 5.75 Å². The fourth-order valence-corrected chi connectivity index (χ4v) is 2.74. The summed E-state index contributed by atoms with van der Waals surface area (Å²) >= 11 is 0. The van der Waals surface area contributed by atoms with Gasteiger partial charge in [0.1, 0.15) is 5.75 Å². The van der Waals surface area contributed by atoms with Crippen LogP contribution in [0.3, 0.4) is 0 Å². The third-order valence-electron chi connectivity index (χ3n) is 3.93. The van der Waals surface area contributed by atoms with Crippen molar-refractivity contribution >= 4 is 5.91 Å². The Kier molecular flexibility index (Phi) is 5.41. The van der Waals surface area contributed by atoms with E-state index in [1.807, 2.05) is 12.1 Å². The van der Waals surface area contributed by atoms with Crippen LogP contribution in [0.4, 0.5) is 0 Å². The number of amides is 1. The van der Waals surface area contributed by atoms with Gasteiger partial charge in [-0.3, -0.25) is 4.79 Å². The molecule has 1 saturated carbocycles. The van der Waals surface area contributed by atoms with Gasteiger partial charge in [-0.15, -0.1) is 0 Å². The van der Waals surface area contributed by atoms with Crippen LogP contribution in [0.2, 0.25) is 0 Å². The molecule has 4 nitrogen and oxygen atoms in total. The van der Waals surface area contributed by atoms with E-state index in [2.05, 4.69) is 5.32 Å². The molecule has 1 amide bonds. The summed E-state index contributed by atoms with van der Waals surface area (Å²) in [4.78, 5) is 12.0. The van der Waals surface area contributed by atoms with Crippen molar-refractivity contribution in [2.45, 2.75) is 50.7 Å². The number of methoxy groups -OCH3 is 1. The van der Waals surface area contributed by atoms with Crippen LogP contribution in [0.15, 0.2) is 24.3 Å². The van der Waals surface area contributed by atoms with Crippen LogP contribution in [0.25, 0.3) is 0 Å². The van der Waals surface area contributed by atoms with E-state index in [-0.39, 0.29) is 23.8 Å². The first-order valence-corrected chi connectivity index (χ1v) is 7.29. The first kappa shape index (κ1) is 14.9. The average molecular weight is 277 g/mol. The molecule has 0 saturated heterocycles. The van der Waals surface area contributed by atoms with Crippen molar-refractivity contribution in [1.82, 2.24) is 5.32 Å². The zero-order chi connectivity index (χ0) is 14.4. The maximum absolute atomic E-state index is 12.0. The third-order valence-corrected chi connectivity index (χ3v) is 3.93. The number of phenols is 1. The fraction of sp³-hybridized carbons (Fsp3) is 0.562. The van der Waals surface area contributed by atoms with Crippen LogP contribution in [-0.2, 0) is 16.0 Å². The number of carbonyl (C=O) groups excluding carboxylic acids is 1. The quantitative estimate of drug-likeness (QED) is 0.869. The highest BCUT2D eigenvalue weighted by Gasteiger charge is 2.25. The van der Waals surface area contributed by atoms with Crippen LogP contribution in [0.5, 0.6) is 5.75 Å². The molecule has 1 aliphatic carbocycles. The number of benzene rings is 1. The van der Waals surface area contributed by atoms with E-state index in [1.165, 1.54) is 6.42 Å². The van der Waals surface area contributed by atoms with Crippen molar-refractivity contribution in [3.05, 3.63) is 29.8 Å². The molecule has 4 heteroatoms. The zero-order valence-corrected chi connectivity index (χ0v) is 12.0. The highest BCUT2D eigenvalue weighted by atomic mass is 16.5. The molecule has 0 spiro atoms. The van der Waals surface area contributed by atoms with Crippen molar-refractivity contribution in [1.29, 1.82) is 0 Å². The fourth-order valence-electron chi connectivity index (χ4n) is 2.74. The Balaban J connectivity index is 1.78. The van der Waals surface area contributed by atoms with Crippen LogP contribution in [-0.4, -0.2) is 30.3 Å². The molecule has 1 aliphatic rings. The number of carbonyl (C=O) groups is 1. The van der Waals surface area contributed by atoms with Crippen molar-refractivity contribution in [2.75, 3.05) is 7.11 Å². The van der Waals surface area contributed by atoms with Gasteiger partial charge < -0.3 is 15.2 Å². The van der Waals surface area contributed by atoms with Gasteiger partial charge in [-0.2, -0.15) is 0 Å². The molecule has 1 fully saturated rings. The first-order valence-electron chi connectivity index (χ1n) is 7.29. The van der Waals surface area contributed by atoms with E-state index >= 15 is 0 Å². The second-order valence-electron chi connectivity index (χ2n) is 5.40. The number of phenolic OH excluding ortho intramolecular Hbond substituents is 1. The zero-order valence-electron chi connectivity index (χ0n) is 12.0.